The molecule has 1 atom stereocenters. The Bertz CT molecular complexity index is 2040. The van der Waals surface area contributed by atoms with Crippen LogP contribution in [-0.4, -0.2) is 132 Å². The van der Waals surface area contributed by atoms with E-state index < -0.39 is 47.0 Å². The number of hydrogen-bond acceptors (Lipinski definition) is 16. The number of carbonyl (C=O) groups excluding carboxylic acids is 5. The van der Waals surface area contributed by atoms with Crippen molar-refractivity contribution in [2.45, 2.75) is 137 Å². The molecule has 5 amide bonds. The number of unbranched alkanes of at least 4 members (excludes halogenated alkanes) is 2. The number of alkyl carbamates (subject to hydrolysis) is 2. The van der Waals surface area contributed by atoms with Gasteiger partial charge >= 0.3 is 18.3 Å². The maximum atomic E-state index is 13.5. The minimum Gasteiger partial charge on any atom is -0.492 e. The summed E-state index contributed by atoms with van der Waals surface area (Å²) < 4.78 is 22.1. The Morgan fingerprint density at radius 3 is 1.97 bits per heavy atom. The molecule has 0 radical (unpaired) electrons. The zero-order valence-corrected chi connectivity index (χ0v) is 43.0. The topological polar surface area (TPSA) is 338 Å². The van der Waals surface area contributed by atoms with Gasteiger partial charge in [-0.05, 0) is 151 Å². The summed E-state index contributed by atoms with van der Waals surface area (Å²) >= 11 is 5.84. The predicted molar refractivity (Wildman–Crippen MR) is 270 cm³/mol. The van der Waals surface area contributed by atoms with Gasteiger partial charge in [0, 0.05) is 26.2 Å². The third kappa shape index (κ3) is 27.1. The highest BCUT2D eigenvalue weighted by Crippen LogP contribution is 2.18. The molecule has 0 unspecified atom stereocenters. The summed E-state index contributed by atoms with van der Waals surface area (Å²) in [4.78, 5) is 77.2. The number of amides is 5. The van der Waals surface area contributed by atoms with E-state index in [2.05, 4.69) is 51.8 Å². The zero-order chi connectivity index (χ0) is 52.5. The number of aromatic nitrogens is 2. The fourth-order valence-electron chi connectivity index (χ4n) is 6.11. The number of halogens is 1. The van der Waals surface area contributed by atoms with Crippen LogP contribution in [0.2, 0.25) is 5.15 Å². The summed E-state index contributed by atoms with van der Waals surface area (Å²) in [5.74, 6) is -0.999. The van der Waals surface area contributed by atoms with Crippen molar-refractivity contribution >= 4 is 65.2 Å². The fraction of sp³-hybridized carbons (Fsp3) is 0.630. The Labute approximate surface area is 416 Å². The van der Waals surface area contributed by atoms with Crippen molar-refractivity contribution in [1.82, 2.24) is 46.8 Å². The van der Waals surface area contributed by atoms with Crippen molar-refractivity contribution in [1.29, 1.82) is 5.41 Å². The first-order chi connectivity index (χ1) is 32.7. The first kappa shape index (κ1) is 59.9. The monoisotopic (exact) mass is 1000 g/mol. The molecule has 23 nitrogen and oxygen atoms in total. The number of nitrogens with one attached hydrogen (secondary N) is 7. The smallest absolute Gasteiger partial charge is 0.437 e. The van der Waals surface area contributed by atoms with Crippen LogP contribution < -0.4 is 53.8 Å². The molecule has 1 heterocycles. The van der Waals surface area contributed by atoms with Crippen molar-refractivity contribution in [2.24, 2.45) is 10.7 Å². The quantitative estimate of drug-likeness (QED) is 0.0298. The van der Waals surface area contributed by atoms with Crippen LogP contribution in [0.4, 0.5) is 26.0 Å². The van der Waals surface area contributed by atoms with E-state index in [0.717, 1.165) is 43.5 Å². The molecule has 2 rings (SSSR count). The van der Waals surface area contributed by atoms with E-state index in [1.54, 1.807) is 62.3 Å². The number of rotatable bonds is 24. The molecule has 1 aromatic carbocycles. The number of nitrogens with two attached hydrogens (primary N) is 3. The van der Waals surface area contributed by atoms with Gasteiger partial charge in [0.05, 0.1) is 0 Å². The number of hydrogen-bond donors (Lipinski definition) is 10. The number of anilines is 2. The number of aryl methyl sites for hydroxylation is 1. The van der Waals surface area contributed by atoms with Gasteiger partial charge in [-0.1, -0.05) is 23.7 Å². The number of ether oxygens (including phenoxy) is 4. The molecule has 1 aromatic heterocycles. The van der Waals surface area contributed by atoms with Crippen LogP contribution in [-0.2, 0) is 25.4 Å². The Morgan fingerprint density at radius 2 is 1.33 bits per heavy atom. The second-order valence-electron chi connectivity index (χ2n) is 19.2. The Morgan fingerprint density at radius 1 is 0.729 bits per heavy atom. The summed E-state index contributed by atoms with van der Waals surface area (Å²) in [7, 11) is 0. The van der Waals surface area contributed by atoms with Gasteiger partial charge in [-0.3, -0.25) is 30.5 Å². The number of aliphatic imine (C=N–C) groups is 1. The molecular weight excluding hydrogens is 928 g/mol. The first-order valence-corrected chi connectivity index (χ1v) is 23.8. The molecule has 24 heteroatoms. The van der Waals surface area contributed by atoms with E-state index in [1.165, 1.54) is 0 Å². The van der Waals surface area contributed by atoms with E-state index >= 15 is 0 Å². The minimum atomic E-state index is -0.905. The van der Waals surface area contributed by atoms with Crippen LogP contribution in [0, 0.1) is 5.41 Å². The number of guanidine groups is 2. The maximum Gasteiger partial charge on any atom is 0.437 e. The average Bonchev–Trinajstić information content (AvgIpc) is 3.22. The summed E-state index contributed by atoms with van der Waals surface area (Å²) in [5, 5.41) is 24.1. The van der Waals surface area contributed by atoms with E-state index in [9.17, 15) is 24.0 Å². The van der Waals surface area contributed by atoms with Crippen molar-refractivity contribution < 1.29 is 42.9 Å². The van der Waals surface area contributed by atoms with Crippen LogP contribution in [0.25, 0.3) is 0 Å². The van der Waals surface area contributed by atoms with Crippen LogP contribution in [0.1, 0.15) is 123 Å². The van der Waals surface area contributed by atoms with Crippen LogP contribution >= 0.6 is 11.6 Å². The number of nitrogens with zero attached hydrogens (tertiary/aromatic N) is 4. The highest BCUT2D eigenvalue weighted by molar-refractivity contribution is 6.31. The molecule has 0 spiro atoms. The lowest BCUT2D eigenvalue weighted by atomic mass is 10.1. The highest BCUT2D eigenvalue weighted by Gasteiger charge is 2.25. The molecule has 2 aromatic rings. The van der Waals surface area contributed by atoms with Crippen LogP contribution in [0.5, 0.6) is 5.75 Å². The SMILES string of the molecule is CC(C)(C)OC(=O)/N=C(\NCCCC[C@H](NC(=O)OC(C)(C)C)C(=O)NCCCN(CCCN)CCOc1ccc(CCCCNC(=N)NC(=O)c2nc(Cl)c(N)nc2N)cc1)NC(=O)OC(C)(C)C. The molecule has 0 bridgehead atoms. The lowest BCUT2D eigenvalue weighted by Crippen LogP contribution is -2.48. The molecule has 0 saturated heterocycles. The van der Waals surface area contributed by atoms with E-state index in [-0.39, 0.29) is 53.3 Å². The van der Waals surface area contributed by atoms with Gasteiger partial charge in [-0.15, -0.1) is 4.99 Å². The first-order valence-electron chi connectivity index (χ1n) is 23.4. The van der Waals surface area contributed by atoms with Gasteiger partial charge in [-0.2, -0.15) is 0 Å². The second kappa shape index (κ2) is 29.7. The zero-order valence-electron chi connectivity index (χ0n) is 42.3. The van der Waals surface area contributed by atoms with Gasteiger partial charge in [0.25, 0.3) is 5.91 Å². The lowest BCUT2D eigenvalue weighted by molar-refractivity contribution is -0.123. The molecule has 0 aliphatic carbocycles. The fourth-order valence-corrected chi connectivity index (χ4v) is 6.24. The molecule has 0 aliphatic rings. The summed E-state index contributed by atoms with van der Waals surface area (Å²) in [6, 6.07) is 6.99. The molecule has 0 saturated carbocycles. The molecule has 0 aliphatic heterocycles. The van der Waals surface area contributed by atoms with E-state index in [0.29, 0.717) is 58.6 Å². The third-order valence-corrected chi connectivity index (χ3v) is 9.49. The highest BCUT2D eigenvalue weighted by atomic mass is 35.5. The molecule has 13 N–H and O–H groups in total. The minimum absolute atomic E-state index is 0.0939. The standard InChI is InChI=1S/C46H77ClN14O9/c1-44(2,3)68-41(64)55-32(17-11-13-24-54-40(59-42(65)69-45(4,5)6)60-43(66)70-46(7,8)9)37(62)52-25-15-27-61(26-14-22-48)28-29-67-31-20-18-30(19-21-31)16-10-12-23-53-39(51)58-38(63)33-35(49)57-36(50)34(47)56-33/h18-21,32H,10-17,22-29,48H2,1-9H3,(H,52,62)(H,55,64)(H4,49,50,57)(H3,51,53,58,63)(H2,54,59,60,65,66)/t32-/m0/s1. The van der Waals surface area contributed by atoms with Crippen molar-refractivity contribution in [3.8, 4) is 5.75 Å². The van der Waals surface area contributed by atoms with Gasteiger partial charge in [0.2, 0.25) is 11.9 Å². The van der Waals surface area contributed by atoms with Gasteiger partial charge in [0.15, 0.2) is 28.4 Å². The summed E-state index contributed by atoms with van der Waals surface area (Å²) in [6.45, 7) is 19.5. The van der Waals surface area contributed by atoms with Crippen molar-refractivity contribution in [3.63, 3.8) is 0 Å². The molecular formula is C46H77ClN14O9. The van der Waals surface area contributed by atoms with Crippen molar-refractivity contribution in [2.75, 3.05) is 63.9 Å². The predicted octanol–water partition coefficient (Wildman–Crippen LogP) is 4.58. The Kier molecular flexibility index (Phi) is 25.5. The second-order valence-corrected chi connectivity index (χ2v) is 19.5. The van der Waals surface area contributed by atoms with Gasteiger partial charge < -0.3 is 57.4 Å². The number of carbonyl (C=O) groups is 5. The van der Waals surface area contributed by atoms with Crippen LogP contribution in [0.3, 0.4) is 0 Å². The van der Waals surface area contributed by atoms with Gasteiger partial charge in [-0.25, -0.2) is 24.4 Å². The molecule has 0 fully saturated rings. The summed E-state index contributed by atoms with van der Waals surface area (Å²) in [6.07, 6.45) is 2.58. The summed E-state index contributed by atoms with van der Waals surface area (Å²) in [5.41, 5.74) is 15.6. The average molecular weight is 1010 g/mol. The molecule has 392 valence electrons. The molecule has 70 heavy (non-hydrogen) atoms. The maximum absolute atomic E-state index is 13.5. The van der Waals surface area contributed by atoms with Gasteiger partial charge in [0.1, 0.15) is 35.2 Å². The Balaban J connectivity index is 1.83. The normalized spacial score (nSPS) is 12.3. The van der Waals surface area contributed by atoms with E-state index in [4.69, 9.17) is 53.2 Å². The van der Waals surface area contributed by atoms with E-state index in [1.807, 2.05) is 24.3 Å². The third-order valence-electron chi connectivity index (χ3n) is 9.22. The van der Waals surface area contributed by atoms with Crippen molar-refractivity contribution in [3.05, 3.63) is 40.7 Å². The largest absolute Gasteiger partial charge is 0.492 e. The van der Waals surface area contributed by atoms with Crippen LogP contribution in [0.15, 0.2) is 29.3 Å². The lowest BCUT2D eigenvalue weighted by Gasteiger charge is -2.24. The number of benzene rings is 1. The Hall–Kier alpha value is -6.20. The number of nitrogen functional groups attached to an aromatic ring is 2.